The van der Waals surface area contributed by atoms with E-state index in [1.54, 1.807) is 24.3 Å². The lowest BCUT2D eigenvalue weighted by molar-refractivity contribution is -0.275. The minimum absolute atomic E-state index is 0. The highest BCUT2D eigenvalue weighted by Crippen LogP contribution is 2.39. The number of halogens is 4. The van der Waals surface area contributed by atoms with E-state index in [9.17, 15) is 13.2 Å². The van der Waals surface area contributed by atoms with Crippen LogP contribution >= 0.6 is 12.4 Å². The molecule has 164 valence electrons. The number of ether oxygens (including phenoxy) is 3. The van der Waals surface area contributed by atoms with Crippen molar-refractivity contribution in [3.63, 3.8) is 0 Å². The van der Waals surface area contributed by atoms with E-state index in [4.69, 9.17) is 9.47 Å². The van der Waals surface area contributed by atoms with Crippen molar-refractivity contribution in [1.82, 2.24) is 5.32 Å². The van der Waals surface area contributed by atoms with Crippen molar-refractivity contribution in [2.45, 2.75) is 19.1 Å². The van der Waals surface area contributed by atoms with Gasteiger partial charge in [0.05, 0.1) is 0 Å². The van der Waals surface area contributed by atoms with Crippen molar-refractivity contribution in [3.05, 3.63) is 78.4 Å². The van der Waals surface area contributed by atoms with Gasteiger partial charge in [0.1, 0.15) is 18.5 Å². The molecule has 1 aliphatic rings. The Bertz CT molecular complexity index is 995. The van der Waals surface area contributed by atoms with Gasteiger partial charge in [-0.3, -0.25) is 0 Å². The van der Waals surface area contributed by atoms with Crippen molar-refractivity contribution < 1.29 is 27.4 Å². The smallest absolute Gasteiger partial charge is 0.488 e. The number of hydrogen-bond acceptors (Lipinski definition) is 4. The fourth-order valence-corrected chi connectivity index (χ4v) is 3.07. The Balaban J connectivity index is 0.00000272. The molecule has 4 nitrogen and oxygen atoms in total. The van der Waals surface area contributed by atoms with E-state index < -0.39 is 6.36 Å². The molecule has 0 saturated carbocycles. The molecule has 0 atom stereocenters. The van der Waals surface area contributed by atoms with Gasteiger partial charge in [0.25, 0.3) is 0 Å². The maximum atomic E-state index is 13.0. The van der Waals surface area contributed by atoms with E-state index in [0.29, 0.717) is 36.6 Å². The molecule has 4 rings (SSSR count). The lowest BCUT2D eigenvalue weighted by Crippen LogP contribution is -2.50. The number of para-hydroxylation sites is 1. The number of alkyl halides is 3. The summed E-state index contributed by atoms with van der Waals surface area (Å²) in [4.78, 5) is 0. The minimum atomic E-state index is -4.82. The third kappa shape index (κ3) is 6.06. The van der Waals surface area contributed by atoms with Gasteiger partial charge in [-0.2, -0.15) is 0 Å². The van der Waals surface area contributed by atoms with E-state index in [0.717, 1.165) is 5.56 Å². The van der Waals surface area contributed by atoms with Crippen molar-refractivity contribution >= 4 is 12.4 Å². The first-order valence-corrected chi connectivity index (χ1v) is 9.51. The molecule has 0 aliphatic carbocycles. The molecule has 3 aromatic carbocycles. The quantitative estimate of drug-likeness (QED) is 0.507. The highest BCUT2D eigenvalue weighted by atomic mass is 35.5. The summed E-state index contributed by atoms with van der Waals surface area (Å²) < 4.78 is 54.7. The highest BCUT2D eigenvalue weighted by Gasteiger charge is 2.33. The molecule has 0 aromatic heterocycles. The summed E-state index contributed by atoms with van der Waals surface area (Å²) in [5, 5.41) is 3.02. The molecule has 1 fully saturated rings. The molecule has 8 heteroatoms. The SMILES string of the molecule is Cl.FC(F)(F)Oc1cc(-c2ccccc2OCc2ccccc2)ccc1OC1CNC1. The molecule has 3 aromatic rings. The fourth-order valence-electron chi connectivity index (χ4n) is 3.07. The zero-order chi connectivity index (χ0) is 21.0. The first-order valence-electron chi connectivity index (χ1n) is 9.51. The van der Waals surface area contributed by atoms with Crippen LogP contribution in [0.5, 0.6) is 17.2 Å². The van der Waals surface area contributed by atoms with Crippen LogP contribution in [-0.4, -0.2) is 25.6 Å². The van der Waals surface area contributed by atoms with Gasteiger partial charge < -0.3 is 19.5 Å². The second-order valence-electron chi connectivity index (χ2n) is 6.88. The Kier molecular flexibility index (Phi) is 7.30. The molecule has 0 radical (unpaired) electrons. The standard InChI is InChI=1S/C23H20F3NO3.ClH/c24-23(25,26)30-22-12-17(10-11-21(22)29-18-13-27-14-18)19-8-4-5-9-20(19)28-15-16-6-2-1-3-7-16;/h1-12,18,27H,13-15H2;1H. The molecule has 0 bridgehead atoms. The van der Waals surface area contributed by atoms with Gasteiger partial charge >= 0.3 is 6.36 Å². The van der Waals surface area contributed by atoms with Gasteiger partial charge in [-0.25, -0.2) is 0 Å². The van der Waals surface area contributed by atoms with Crippen LogP contribution in [0.3, 0.4) is 0 Å². The second-order valence-corrected chi connectivity index (χ2v) is 6.88. The van der Waals surface area contributed by atoms with Crippen molar-refractivity contribution in [3.8, 4) is 28.4 Å². The van der Waals surface area contributed by atoms with Crippen LogP contribution < -0.4 is 19.5 Å². The molecule has 1 N–H and O–H groups in total. The largest absolute Gasteiger partial charge is 0.573 e. The first-order chi connectivity index (χ1) is 14.5. The topological polar surface area (TPSA) is 39.7 Å². The second kappa shape index (κ2) is 9.94. The average molecular weight is 452 g/mol. The maximum Gasteiger partial charge on any atom is 0.573 e. The van der Waals surface area contributed by atoms with Gasteiger partial charge in [-0.1, -0.05) is 54.6 Å². The summed E-state index contributed by atoms with van der Waals surface area (Å²) in [5.41, 5.74) is 2.19. The summed E-state index contributed by atoms with van der Waals surface area (Å²) in [5.74, 6) is 0.256. The Morgan fingerprint density at radius 1 is 0.839 bits per heavy atom. The number of hydrogen-bond donors (Lipinski definition) is 1. The van der Waals surface area contributed by atoms with Gasteiger partial charge in [-0.05, 0) is 29.3 Å². The Morgan fingerprint density at radius 2 is 1.55 bits per heavy atom. The van der Waals surface area contributed by atoms with Crippen molar-refractivity contribution in [2.24, 2.45) is 0 Å². The van der Waals surface area contributed by atoms with Crippen LogP contribution in [-0.2, 0) is 6.61 Å². The maximum absolute atomic E-state index is 13.0. The number of rotatable bonds is 7. The molecule has 31 heavy (non-hydrogen) atoms. The molecule has 0 amide bonds. The lowest BCUT2D eigenvalue weighted by atomic mass is 10.0. The summed E-state index contributed by atoms with van der Waals surface area (Å²) in [6, 6.07) is 21.4. The fraction of sp³-hybridized carbons (Fsp3) is 0.217. The Labute approximate surface area is 184 Å². The lowest BCUT2D eigenvalue weighted by Gasteiger charge is -2.28. The van der Waals surface area contributed by atoms with Crippen LogP contribution in [0.25, 0.3) is 11.1 Å². The summed E-state index contributed by atoms with van der Waals surface area (Å²) in [7, 11) is 0. The average Bonchev–Trinajstić information content (AvgIpc) is 2.70. The predicted molar refractivity (Wildman–Crippen MR) is 114 cm³/mol. The Morgan fingerprint density at radius 3 is 2.23 bits per heavy atom. The highest BCUT2D eigenvalue weighted by molar-refractivity contribution is 5.85. The third-order valence-corrected chi connectivity index (χ3v) is 4.64. The molecule has 0 unspecified atom stereocenters. The number of nitrogens with one attached hydrogen (secondary N) is 1. The van der Waals surface area contributed by atoms with Gasteiger partial charge in [-0.15, -0.1) is 25.6 Å². The normalized spacial score (nSPS) is 13.6. The van der Waals surface area contributed by atoms with E-state index in [1.165, 1.54) is 12.1 Å². The summed E-state index contributed by atoms with van der Waals surface area (Å²) in [6.45, 7) is 1.52. The minimum Gasteiger partial charge on any atom is -0.488 e. The van der Waals surface area contributed by atoms with Crippen LogP contribution in [0, 0.1) is 0 Å². The molecule has 1 saturated heterocycles. The van der Waals surface area contributed by atoms with Crippen molar-refractivity contribution in [2.75, 3.05) is 13.1 Å². The van der Waals surface area contributed by atoms with Crippen molar-refractivity contribution in [1.29, 1.82) is 0 Å². The van der Waals surface area contributed by atoms with Gasteiger partial charge in [0, 0.05) is 18.7 Å². The van der Waals surface area contributed by atoms with Crippen LogP contribution in [0.15, 0.2) is 72.8 Å². The van der Waals surface area contributed by atoms with E-state index in [1.807, 2.05) is 36.4 Å². The Hall–Kier alpha value is -2.90. The molecular formula is C23H21ClF3NO3. The zero-order valence-electron chi connectivity index (χ0n) is 16.4. The van der Waals surface area contributed by atoms with E-state index in [-0.39, 0.29) is 30.0 Å². The van der Waals surface area contributed by atoms with Crippen LogP contribution in [0.2, 0.25) is 0 Å². The van der Waals surface area contributed by atoms with Gasteiger partial charge in [0.15, 0.2) is 11.5 Å². The number of benzene rings is 3. The molecule has 1 heterocycles. The van der Waals surface area contributed by atoms with Crippen LogP contribution in [0.4, 0.5) is 13.2 Å². The molecule has 0 spiro atoms. The van der Waals surface area contributed by atoms with Crippen LogP contribution in [0.1, 0.15) is 5.56 Å². The predicted octanol–water partition coefficient (Wildman–Crippen LogP) is 5.60. The van der Waals surface area contributed by atoms with E-state index in [2.05, 4.69) is 10.1 Å². The first kappa shape index (κ1) is 22.8. The summed E-state index contributed by atoms with van der Waals surface area (Å²) in [6.07, 6.45) is -4.99. The molecular weight excluding hydrogens is 431 g/mol. The monoisotopic (exact) mass is 451 g/mol. The van der Waals surface area contributed by atoms with Gasteiger partial charge in [0.2, 0.25) is 0 Å². The van der Waals surface area contributed by atoms with E-state index >= 15 is 0 Å². The zero-order valence-corrected chi connectivity index (χ0v) is 17.2. The summed E-state index contributed by atoms with van der Waals surface area (Å²) >= 11 is 0. The molecule has 1 aliphatic heterocycles. The third-order valence-electron chi connectivity index (χ3n) is 4.64.